The molecular formula is C9H14N2O. The Kier molecular flexibility index (Phi) is 3.05. The topological polar surface area (TPSA) is 52.0 Å². The highest BCUT2D eigenvalue weighted by Crippen LogP contribution is 2.07. The third kappa shape index (κ3) is 2.51. The van der Waals surface area contributed by atoms with Crippen molar-refractivity contribution in [2.75, 3.05) is 6.54 Å². The van der Waals surface area contributed by atoms with Gasteiger partial charge in [0, 0.05) is 6.92 Å². The van der Waals surface area contributed by atoms with Crippen LogP contribution in [0.25, 0.3) is 6.08 Å². The van der Waals surface area contributed by atoms with Gasteiger partial charge in [0.25, 0.3) is 0 Å². The minimum atomic E-state index is 0.680. The van der Waals surface area contributed by atoms with E-state index < -0.39 is 0 Å². The molecule has 0 spiro atoms. The number of aryl methyl sites for hydroxylation is 1. The first-order valence-corrected chi connectivity index (χ1v) is 4.01. The molecule has 1 aromatic rings. The van der Waals surface area contributed by atoms with Crippen molar-refractivity contribution in [3.63, 3.8) is 0 Å². The van der Waals surface area contributed by atoms with Crippen LogP contribution in [0.4, 0.5) is 0 Å². The zero-order valence-electron chi connectivity index (χ0n) is 7.50. The van der Waals surface area contributed by atoms with Crippen LogP contribution in [0.2, 0.25) is 0 Å². The number of aromatic nitrogens is 1. The van der Waals surface area contributed by atoms with Gasteiger partial charge < -0.3 is 10.2 Å². The number of oxazole rings is 1. The molecule has 0 aliphatic rings. The molecular weight excluding hydrogens is 152 g/mol. The second kappa shape index (κ2) is 4.07. The highest BCUT2D eigenvalue weighted by Gasteiger charge is 1.95. The second-order valence-electron chi connectivity index (χ2n) is 2.82. The van der Waals surface area contributed by atoms with Gasteiger partial charge in [-0.05, 0) is 26.0 Å². The molecule has 1 rings (SSSR count). The van der Waals surface area contributed by atoms with Gasteiger partial charge in [-0.15, -0.1) is 0 Å². The molecule has 0 aromatic carbocycles. The monoisotopic (exact) mass is 166 g/mol. The number of hydrogen-bond donors (Lipinski definition) is 1. The van der Waals surface area contributed by atoms with E-state index in [0.717, 1.165) is 12.1 Å². The maximum atomic E-state index is 5.40. The molecule has 0 saturated carbocycles. The summed E-state index contributed by atoms with van der Waals surface area (Å²) < 4.78 is 5.06. The van der Waals surface area contributed by atoms with Gasteiger partial charge >= 0.3 is 0 Å². The predicted molar refractivity (Wildman–Crippen MR) is 48.6 cm³/mol. The first-order valence-electron chi connectivity index (χ1n) is 4.01. The maximum Gasteiger partial charge on any atom is 0.191 e. The smallest absolute Gasteiger partial charge is 0.191 e. The van der Waals surface area contributed by atoms with E-state index in [1.54, 1.807) is 6.26 Å². The number of nitrogens with two attached hydrogens (primary N) is 1. The Balaban J connectivity index is 2.67. The van der Waals surface area contributed by atoms with Crippen molar-refractivity contribution in [2.45, 2.75) is 20.3 Å². The van der Waals surface area contributed by atoms with Gasteiger partial charge in [0.1, 0.15) is 12.0 Å². The standard InChI is InChI=1S/C9H14N2O/c1-7(3-4-10)5-9-6-12-8(2)11-9/h5-6H,3-4,10H2,1-2H3/b7-5+. The van der Waals surface area contributed by atoms with Gasteiger partial charge in [0.05, 0.1) is 0 Å². The summed E-state index contributed by atoms with van der Waals surface area (Å²) in [6.07, 6.45) is 4.55. The van der Waals surface area contributed by atoms with Crippen molar-refractivity contribution in [3.8, 4) is 0 Å². The van der Waals surface area contributed by atoms with E-state index in [-0.39, 0.29) is 0 Å². The number of nitrogens with zero attached hydrogens (tertiary/aromatic N) is 1. The summed E-state index contributed by atoms with van der Waals surface area (Å²) in [5.74, 6) is 0.696. The van der Waals surface area contributed by atoms with Gasteiger partial charge in [0.2, 0.25) is 0 Å². The summed E-state index contributed by atoms with van der Waals surface area (Å²) in [7, 11) is 0. The molecule has 66 valence electrons. The van der Waals surface area contributed by atoms with Crippen LogP contribution < -0.4 is 5.73 Å². The van der Waals surface area contributed by atoms with Gasteiger partial charge in [0.15, 0.2) is 5.89 Å². The molecule has 3 heteroatoms. The van der Waals surface area contributed by atoms with Crippen LogP contribution in [-0.4, -0.2) is 11.5 Å². The van der Waals surface area contributed by atoms with E-state index in [4.69, 9.17) is 10.2 Å². The minimum absolute atomic E-state index is 0.680. The lowest BCUT2D eigenvalue weighted by atomic mass is 10.2. The lowest BCUT2D eigenvalue weighted by Crippen LogP contribution is -1.98. The summed E-state index contributed by atoms with van der Waals surface area (Å²) in [5, 5.41) is 0. The minimum Gasteiger partial charge on any atom is -0.449 e. The Morgan fingerprint density at radius 3 is 3.00 bits per heavy atom. The van der Waals surface area contributed by atoms with Crippen molar-refractivity contribution in [2.24, 2.45) is 5.73 Å². The van der Waals surface area contributed by atoms with Crippen molar-refractivity contribution in [3.05, 3.63) is 23.4 Å². The van der Waals surface area contributed by atoms with E-state index in [1.807, 2.05) is 19.9 Å². The molecule has 0 aliphatic heterocycles. The SMILES string of the molecule is C/C(=C\c1coc(C)n1)CCN. The fourth-order valence-electron chi connectivity index (χ4n) is 0.999. The normalized spacial score (nSPS) is 12.1. The lowest BCUT2D eigenvalue weighted by Gasteiger charge is -1.93. The van der Waals surface area contributed by atoms with Crippen LogP contribution >= 0.6 is 0 Å². The lowest BCUT2D eigenvalue weighted by molar-refractivity contribution is 0.521. The molecule has 0 amide bonds. The Bertz CT molecular complexity index is 276. The van der Waals surface area contributed by atoms with Crippen LogP contribution in [-0.2, 0) is 0 Å². The largest absolute Gasteiger partial charge is 0.449 e. The fraction of sp³-hybridized carbons (Fsp3) is 0.444. The van der Waals surface area contributed by atoms with Crippen LogP contribution in [0.15, 0.2) is 16.3 Å². The zero-order valence-corrected chi connectivity index (χ0v) is 7.50. The molecule has 0 radical (unpaired) electrons. The average molecular weight is 166 g/mol. The molecule has 3 nitrogen and oxygen atoms in total. The van der Waals surface area contributed by atoms with E-state index in [2.05, 4.69) is 4.98 Å². The van der Waals surface area contributed by atoms with Crippen molar-refractivity contribution < 1.29 is 4.42 Å². The summed E-state index contributed by atoms with van der Waals surface area (Å²) in [6, 6.07) is 0. The zero-order chi connectivity index (χ0) is 8.97. The quantitative estimate of drug-likeness (QED) is 0.744. The summed E-state index contributed by atoms with van der Waals surface area (Å²) in [4.78, 5) is 4.15. The third-order valence-electron chi connectivity index (χ3n) is 1.57. The van der Waals surface area contributed by atoms with E-state index in [0.29, 0.717) is 12.4 Å². The van der Waals surface area contributed by atoms with Crippen molar-refractivity contribution in [1.82, 2.24) is 4.98 Å². The Morgan fingerprint density at radius 2 is 2.50 bits per heavy atom. The summed E-state index contributed by atoms with van der Waals surface area (Å²) in [6.45, 7) is 4.55. The van der Waals surface area contributed by atoms with Crippen LogP contribution in [0.5, 0.6) is 0 Å². The number of rotatable bonds is 3. The molecule has 0 atom stereocenters. The molecule has 0 saturated heterocycles. The van der Waals surface area contributed by atoms with Crippen molar-refractivity contribution >= 4 is 6.08 Å². The van der Waals surface area contributed by atoms with Gasteiger partial charge in [-0.25, -0.2) is 4.98 Å². The maximum absolute atomic E-state index is 5.40. The number of hydrogen-bond acceptors (Lipinski definition) is 3. The Hall–Kier alpha value is -1.09. The van der Waals surface area contributed by atoms with Gasteiger partial charge in [-0.2, -0.15) is 0 Å². The van der Waals surface area contributed by atoms with E-state index in [9.17, 15) is 0 Å². The molecule has 2 N–H and O–H groups in total. The van der Waals surface area contributed by atoms with Crippen LogP contribution in [0.1, 0.15) is 24.9 Å². The van der Waals surface area contributed by atoms with E-state index >= 15 is 0 Å². The highest BCUT2D eigenvalue weighted by molar-refractivity contribution is 5.46. The van der Waals surface area contributed by atoms with Crippen LogP contribution in [0.3, 0.4) is 0 Å². The highest BCUT2D eigenvalue weighted by atomic mass is 16.3. The first kappa shape index (κ1) is 9.00. The Morgan fingerprint density at radius 1 is 1.75 bits per heavy atom. The molecule has 1 aromatic heterocycles. The Labute approximate surface area is 72.3 Å². The van der Waals surface area contributed by atoms with E-state index in [1.165, 1.54) is 5.57 Å². The van der Waals surface area contributed by atoms with Gasteiger partial charge in [-0.1, -0.05) is 5.57 Å². The third-order valence-corrected chi connectivity index (χ3v) is 1.57. The molecule has 12 heavy (non-hydrogen) atoms. The predicted octanol–water partition coefficient (Wildman–Crippen LogP) is 1.74. The molecule has 0 fully saturated rings. The fourth-order valence-corrected chi connectivity index (χ4v) is 0.999. The van der Waals surface area contributed by atoms with Crippen LogP contribution in [0, 0.1) is 6.92 Å². The molecule has 0 unspecified atom stereocenters. The first-order chi connectivity index (χ1) is 5.72. The molecule has 0 aliphatic carbocycles. The summed E-state index contributed by atoms with van der Waals surface area (Å²) >= 11 is 0. The second-order valence-corrected chi connectivity index (χ2v) is 2.82. The molecule has 1 heterocycles. The molecule has 0 bridgehead atoms. The summed E-state index contributed by atoms with van der Waals surface area (Å²) in [5.41, 5.74) is 7.50. The van der Waals surface area contributed by atoms with Gasteiger partial charge in [-0.3, -0.25) is 0 Å². The average Bonchev–Trinajstić information content (AvgIpc) is 2.36. The van der Waals surface area contributed by atoms with Crippen molar-refractivity contribution in [1.29, 1.82) is 0 Å².